The Morgan fingerprint density at radius 3 is 2.39 bits per heavy atom. The Balaban J connectivity index is 1.89. The first kappa shape index (κ1) is 13.8. The zero-order valence-corrected chi connectivity index (χ0v) is 11.9. The van der Waals surface area contributed by atoms with Crippen LogP contribution in [0.25, 0.3) is 0 Å². The van der Waals surface area contributed by atoms with E-state index < -0.39 is 0 Å². The number of hydrogen-bond acceptors (Lipinski definition) is 3. The molecule has 0 aliphatic carbocycles. The van der Waals surface area contributed by atoms with Gasteiger partial charge in [0.05, 0.1) is 6.54 Å². The largest absolute Gasteiger partial charge is 0.342 e. The number of nitrogens with one attached hydrogen (secondary N) is 1. The lowest BCUT2D eigenvalue weighted by Crippen LogP contribution is -2.60. The quantitative estimate of drug-likeness (QED) is 0.800. The number of rotatable bonds is 2. The maximum absolute atomic E-state index is 12.4. The summed E-state index contributed by atoms with van der Waals surface area (Å²) in [5.41, 5.74) is 0.0970. The van der Waals surface area contributed by atoms with Gasteiger partial charge in [-0.3, -0.25) is 9.69 Å². The molecule has 2 fully saturated rings. The molecule has 0 spiro atoms. The summed E-state index contributed by atoms with van der Waals surface area (Å²) in [6, 6.07) is 0. The Morgan fingerprint density at radius 1 is 1.11 bits per heavy atom. The Labute approximate surface area is 111 Å². The molecular formula is C14H27N3O. The van der Waals surface area contributed by atoms with Gasteiger partial charge in [-0.15, -0.1) is 0 Å². The van der Waals surface area contributed by atoms with Crippen LogP contribution in [-0.2, 0) is 4.79 Å². The van der Waals surface area contributed by atoms with Crippen LogP contribution in [0, 0.1) is 0 Å². The Bertz CT molecular complexity index is 283. The van der Waals surface area contributed by atoms with Crippen molar-refractivity contribution in [2.45, 2.75) is 45.1 Å². The summed E-state index contributed by atoms with van der Waals surface area (Å²) in [5, 5.41) is 3.40. The SMILES string of the molecule is CC1(C)CNCCN1CC(=O)N1CCCCCC1. The number of carbonyl (C=O) groups excluding carboxylic acids is 1. The van der Waals surface area contributed by atoms with Crippen molar-refractivity contribution < 1.29 is 4.79 Å². The van der Waals surface area contributed by atoms with Gasteiger partial charge in [-0.05, 0) is 26.7 Å². The van der Waals surface area contributed by atoms with Gasteiger partial charge in [0.25, 0.3) is 0 Å². The van der Waals surface area contributed by atoms with Gasteiger partial charge in [-0.2, -0.15) is 0 Å². The van der Waals surface area contributed by atoms with Gasteiger partial charge in [0, 0.05) is 38.3 Å². The third kappa shape index (κ3) is 3.45. The van der Waals surface area contributed by atoms with Crippen LogP contribution < -0.4 is 5.32 Å². The molecule has 4 heteroatoms. The highest BCUT2D eigenvalue weighted by Crippen LogP contribution is 2.17. The van der Waals surface area contributed by atoms with Gasteiger partial charge >= 0.3 is 0 Å². The third-order valence-electron chi connectivity index (χ3n) is 4.26. The molecule has 0 aromatic carbocycles. The predicted octanol–water partition coefficient (Wildman–Crippen LogP) is 1.07. The number of piperazine rings is 1. The van der Waals surface area contributed by atoms with Crippen molar-refractivity contribution in [2.24, 2.45) is 0 Å². The molecule has 1 amide bonds. The number of nitrogens with zero attached hydrogens (tertiary/aromatic N) is 2. The van der Waals surface area contributed by atoms with E-state index in [2.05, 4.69) is 29.0 Å². The van der Waals surface area contributed by atoms with E-state index in [4.69, 9.17) is 0 Å². The highest BCUT2D eigenvalue weighted by atomic mass is 16.2. The number of likely N-dealkylation sites (tertiary alicyclic amines) is 1. The lowest BCUT2D eigenvalue weighted by molar-refractivity contribution is -0.134. The molecule has 2 aliphatic heterocycles. The second kappa shape index (κ2) is 6.02. The van der Waals surface area contributed by atoms with Crippen LogP contribution in [0.5, 0.6) is 0 Å². The van der Waals surface area contributed by atoms with Crippen LogP contribution in [0.3, 0.4) is 0 Å². The summed E-state index contributed by atoms with van der Waals surface area (Å²) in [7, 11) is 0. The Kier molecular flexibility index (Phi) is 4.62. The molecule has 2 saturated heterocycles. The van der Waals surface area contributed by atoms with Gasteiger partial charge in [0.15, 0.2) is 0 Å². The second-order valence-corrected chi connectivity index (χ2v) is 6.21. The van der Waals surface area contributed by atoms with Gasteiger partial charge in [0.2, 0.25) is 5.91 Å². The van der Waals surface area contributed by atoms with Crippen LogP contribution >= 0.6 is 0 Å². The molecule has 0 aromatic rings. The highest BCUT2D eigenvalue weighted by Gasteiger charge is 2.31. The predicted molar refractivity (Wildman–Crippen MR) is 73.6 cm³/mol. The van der Waals surface area contributed by atoms with E-state index in [1.54, 1.807) is 0 Å². The molecule has 2 aliphatic rings. The smallest absolute Gasteiger partial charge is 0.236 e. The molecule has 18 heavy (non-hydrogen) atoms. The summed E-state index contributed by atoms with van der Waals surface area (Å²) in [6.45, 7) is 9.90. The standard InChI is InChI=1S/C14H27N3O/c1-14(2)12-15-7-10-17(14)11-13(18)16-8-5-3-4-6-9-16/h15H,3-12H2,1-2H3. The van der Waals surface area contributed by atoms with E-state index in [0.717, 1.165) is 32.7 Å². The van der Waals surface area contributed by atoms with Gasteiger partial charge in [-0.1, -0.05) is 12.8 Å². The average Bonchev–Trinajstić information content (AvgIpc) is 2.60. The minimum Gasteiger partial charge on any atom is -0.342 e. The van der Waals surface area contributed by atoms with E-state index in [-0.39, 0.29) is 5.54 Å². The molecule has 0 unspecified atom stereocenters. The zero-order chi connectivity index (χ0) is 13.0. The highest BCUT2D eigenvalue weighted by molar-refractivity contribution is 5.78. The van der Waals surface area contributed by atoms with Gasteiger partial charge in [-0.25, -0.2) is 0 Å². The fraction of sp³-hybridized carbons (Fsp3) is 0.929. The molecule has 0 bridgehead atoms. The first-order valence-electron chi connectivity index (χ1n) is 7.33. The molecule has 104 valence electrons. The van der Waals surface area contributed by atoms with Crippen molar-refractivity contribution in [1.82, 2.24) is 15.1 Å². The minimum absolute atomic E-state index is 0.0970. The lowest BCUT2D eigenvalue weighted by atomic mass is 10.0. The molecule has 1 N–H and O–H groups in total. The fourth-order valence-electron chi connectivity index (χ4n) is 2.90. The number of amides is 1. The van der Waals surface area contributed by atoms with Crippen molar-refractivity contribution in [3.63, 3.8) is 0 Å². The lowest BCUT2D eigenvalue weighted by Gasteiger charge is -2.43. The molecule has 0 radical (unpaired) electrons. The summed E-state index contributed by atoms with van der Waals surface area (Å²) >= 11 is 0. The van der Waals surface area contributed by atoms with Crippen LogP contribution in [0.15, 0.2) is 0 Å². The van der Waals surface area contributed by atoms with Crippen LogP contribution in [0.2, 0.25) is 0 Å². The molecule has 2 rings (SSSR count). The second-order valence-electron chi connectivity index (χ2n) is 6.21. The number of hydrogen-bond donors (Lipinski definition) is 1. The zero-order valence-electron chi connectivity index (χ0n) is 11.9. The van der Waals surface area contributed by atoms with Crippen molar-refractivity contribution in [2.75, 3.05) is 39.3 Å². The van der Waals surface area contributed by atoms with Gasteiger partial charge < -0.3 is 10.2 Å². The third-order valence-corrected chi connectivity index (χ3v) is 4.26. The Hall–Kier alpha value is -0.610. The van der Waals surface area contributed by atoms with Gasteiger partial charge in [0.1, 0.15) is 0 Å². The topological polar surface area (TPSA) is 35.6 Å². The average molecular weight is 253 g/mol. The van der Waals surface area contributed by atoms with Crippen molar-refractivity contribution in [3.8, 4) is 0 Å². The van der Waals surface area contributed by atoms with Crippen LogP contribution in [0.4, 0.5) is 0 Å². The minimum atomic E-state index is 0.0970. The monoisotopic (exact) mass is 253 g/mol. The fourth-order valence-corrected chi connectivity index (χ4v) is 2.90. The number of carbonyl (C=O) groups is 1. The van der Waals surface area contributed by atoms with E-state index >= 15 is 0 Å². The maximum Gasteiger partial charge on any atom is 0.236 e. The molecule has 4 nitrogen and oxygen atoms in total. The van der Waals surface area contributed by atoms with Crippen molar-refractivity contribution in [3.05, 3.63) is 0 Å². The van der Waals surface area contributed by atoms with Crippen molar-refractivity contribution in [1.29, 1.82) is 0 Å². The summed E-state index contributed by atoms with van der Waals surface area (Å²) in [5.74, 6) is 0.326. The van der Waals surface area contributed by atoms with E-state index in [1.165, 1.54) is 25.7 Å². The molecule has 0 saturated carbocycles. The van der Waals surface area contributed by atoms with E-state index in [0.29, 0.717) is 12.5 Å². The molecular weight excluding hydrogens is 226 g/mol. The Morgan fingerprint density at radius 2 is 1.78 bits per heavy atom. The van der Waals surface area contributed by atoms with E-state index in [1.807, 2.05) is 0 Å². The summed E-state index contributed by atoms with van der Waals surface area (Å²) in [6.07, 6.45) is 4.92. The summed E-state index contributed by atoms with van der Waals surface area (Å²) < 4.78 is 0. The first-order valence-corrected chi connectivity index (χ1v) is 7.33. The van der Waals surface area contributed by atoms with Crippen LogP contribution in [-0.4, -0.2) is 60.5 Å². The molecule has 0 aromatic heterocycles. The molecule has 0 atom stereocenters. The first-order chi connectivity index (χ1) is 8.59. The van der Waals surface area contributed by atoms with Crippen molar-refractivity contribution >= 4 is 5.91 Å². The summed E-state index contributed by atoms with van der Waals surface area (Å²) in [4.78, 5) is 16.8. The van der Waals surface area contributed by atoms with Crippen LogP contribution in [0.1, 0.15) is 39.5 Å². The molecule has 2 heterocycles. The maximum atomic E-state index is 12.4. The van der Waals surface area contributed by atoms with E-state index in [9.17, 15) is 4.79 Å². The normalized spacial score (nSPS) is 25.8.